The number of urea groups is 1. The maximum Gasteiger partial charge on any atom is 0.335 e. The Morgan fingerprint density at radius 2 is 1.68 bits per heavy atom. The van der Waals surface area contributed by atoms with Gasteiger partial charge in [-0.3, -0.25) is 10.1 Å². The maximum atomic E-state index is 12.4. The number of carbonyl (C=O) groups excluding carboxylic acids is 1. The summed E-state index contributed by atoms with van der Waals surface area (Å²) in [6.45, 7) is 2.21. The number of carboxylic acids is 1. The summed E-state index contributed by atoms with van der Waals surface area (Å²) in [6, 6.07) is 12.7. The van der Waals surface area contributed by atoms with Gasteiger partial charge in [0.1, 0.15) is 5.69 Å². The van der Waals surface area contributed by atoms with Crippen LogP contribution in [0.1, 0.15) is 15.9 Å². The Bertz CT molecular complexity index is 876. The van der Waals surface area contributed by atoms with Crippen LogP contribution in [0.4, 0.5) is 16.2 Å². The van der Waals surface area contributed by atoms with Gasteiger partial charge in [0.2, 0.25) is 0 Å². The summed E-state index contributed by atoms with van der Waals surface area (Å²) in [7, 11) is 0. The van der Waals surface area contributed by atoms with Crippen molar-refractivity contribution in [3.05, 3.63) is 69.8 Å². The molecule has 1 aliphatic heterocycles. The Hall–Kier alpha value is -3.62. The highest BCUT2D eigenvalue weighted by Gasteiger charge is 2.25. The molecule has 1 fully saturated rings. The summed E-state index contributed by atoms with van der Waals surface area (Å²) >= 11 is 0. The average Bonchev–Trinajstić information content (AvgIpc) is 2.72. The van der Waals surface area contributed by atoms with Gasteiger partial charge in [-0.15, -0.1) is 0 Å². The molecule has 146 valence electrons. The highest BCUT2D eigenvalue weighted by molar-refractivity contribution is 5.87. The van der Waals surface area contributed by atoms with Crippen molar-refractivity contribution in [2.45, 2.75) is 6.54 Å². The number of aromatic carboxylic acids is 1. The van der Waals surface area contributed by atoms with Crippen LogP contribution in [-0.2, 0) is 6.54 Å². The molecular weight excluding hydrogens is 364 g/mol. The first-order valence-electron chi connectivity index (χ1n) is 8.79. The van der Waals surface area contributed by atoms with Crippen LogP contribution in [0.15, 0.2) is 48.5 Å². The summed E-state index contributed by atoms with van der Waals surface area (Å²) < 4.78 is 0. The van der Waals surface area contributed by atoms with Gasteiger partial charge in [-0.05, 0) is 23.8 Å². The van der Waals surface area contributed by atoms with Crippen LogP contribution in [0.3, 0.4) is 0 Å². The topological polar surface area (TPSA) is 116 Å². The minimum absolute atomic E-state index is 0.0604. The fraction of sp³-hybridized carbons (Fsp3) is 0.263. The van der Waals surface area contributed by atoms with Crippen LogP contribution in [0, 0.1) is 10.1 Å². The minimum atomic E-state index is -0.993. The first-order chi connectivity index (χ1) is 13.5. The third-order valence-corrected chi connectivity index (χ3v) is 4.63. The number of nitrogens with one attached hydrogen (secondary N) is 1. The van der Waals surface area contributed by atoms with E-state index in [1.807, 2.05) is 4.90 Å². The summed E-state index contributed by atoms with van der Waals surface area (Å²) in [6.07, 6.45) is 0. The molecular formula is C19H20N4O5. The Labute approximate surface area is 161 Å². The fourth-order valence-electron chi connectivity index (χ4n) is 3.09. The van der Waals surface area contributed by atoms with E-state index in [2.05, 4.69) is 5.32 Å². The number of amides is 2. The SMILES string of the molecule is O=C(O)c1ccc(CNC(=O)N2CCN(c3ccccc3[N+](=O)[O-])CC2)cc1. The second-order valence-corrected chi connectivity index (χ2v) is 6.38. The van der Waals surface area contributed by atoms with Gasteiger partial charge in [-0.2, -0.15) is 0 Å². The van der Waals surface area contributed by atoms with Gasteiger partial charge in [0, 0.05) is 38.8 Å². The number of carbonyl (C=O) groups is 2. The zero-order chi connectivity index (χ0) is 20.1. The van der Waals surface area contributed by atoms with Gasteiger partial charge >= 0.3 is 12.0 Å². The molecule has 1 aliphatic rings. The van der Waals surface area contributed by atoms with E-state index in [9.17, 15) is 19.7 Å². The van der Waals surface area contributed by atoms with E-state index >= 15 is 0 Å². The number of hydrogen-bond donors (Lipinski definition) is 2. The number of para-hydroxylation sites is 2. The number of piperazine rings is 1. The van der Waals surface area contributed by atoms with E-state index in [1.165, 1.54) is 18.2 Å². The molecule has 0 saturated carbocycles. The van der Waals surface area contributed by atoms with Crippen molar-refractivity contribution in [3.63, 3.8) is 0 Å². The van der Waals surface area contributed by atoms with Gasteiger partial charge in [-0.1, -0.05) is 24.3 Å². The Kier molecular flexibility index (Phi) is 5.73. The van der Waals surface area contributed by atoms with E-state index in [0.717, 1.165) is 5.56 Å². The number of nitro benzene ring substituents is 1. The third-order valence-electron chi connectivity index (χ3n) is 4.63. The van der Waals surface area contributed by atoms with Crippen LogP contribution in [0.2, 0.25) is 0 Å². The van der Waals surface area contributed by atoms with Crippen molar-refractivity contribution in [1.29, 1.82) is 0 Å². The Morgan fingerprint density at radius 3 is 2.29 bits per heavy atom. The number of hydrogen-bond acceptors (Lipinski definition) is 5. The van der Waals surface area contributed by atoms with E-state index in [0.29, 0.717) is 38.4 Å². The van der Waals surface area contributed by atoms with Crippen LogP contribution in [0.5, 0.6) is 0 Å². The third kappa shape index (κ3) is 4.37. The van der Waals surface area contributed by atoms with Gasteiger partial charge < -0.3 is 20.2 Å². The standard InChI is InChI=1S/C19H20N4O5/c24-18(25)15-7-5-14(6-8-15)13-20-19(26)22-11-9-21(10-12-22)16-3-1-2-4-17(16)23(27)28/h1-8H,9-13H2,(H,20,26)(H,24,25). The molecule has 3 rings (SSSR count). The monoisotopic (exact) mass is 384 g/mol. The Balaban J connectivity index is 1.53. The minimum Gasteiger partial charge on any atom is -0.478 e. The number of carboxylic acid groups (broad SMARTS) is 1. The van der Waals surface area contributed by atoms with Crippen LogP contribution >= 0.6 is 0 Å². The van der Waals surface area contributed by atoms with Gasteiger partial charge in [0.25, 0.3) is 5.69 Å². The molecule has 0 aliphatic carbocycles. The summed E-state index contributed by atoms with van der Waals surface area (Å²) in [4.78, 5) is 37.6. The van der Waals surface area contributed by atoms with Crippen molar-refractivity contribution < 1.29 is 19.6 Å². The lowest BCUT2D eigenvalue weighted by molar-refractivity contribution is -0.384. The first-order valence-corrected chi connectivity index (χ1v) is 8.79. The number of anilines is 1. The molecule has 0 radical (unpaired) electrons. The van der Waals surface area contributed by atoms with Gasteiger partial charge in [-0.25, -0.2) is 9.59 Å². The predicted octanol–water partition coefficient (Wildman–Crippen LogP) is 2.32. The van der Waals surface area contributed by atoms with E-state index in [4.69, 9.17) is 5.11 Å². The van der Waals surface area contributed by atoms with Gasteiger partial charge in [0.05, 0.1) is 10.5 Å². The molecule has 0 atom stereocenters. The molecule has 1 heterocycles. The van der Waals surface area contributed by atoms with Crippen molar-refractivity contribution >= 4 is 23.4 Å². The molecule has 2 aromatic carbocycles. The van der Waals surface area contributed by atoms with E-state index in [1.54, 1.807) is 35.2 Å². The molecule has 2 aromatic rings. The second-order valence-electron chi connectivity index (χ2n) is 6.38. The molecule has 0 aromatic heterocycles. The lowest BCUT2D eigenvalue weighted by atomic mass is 10.1. The number of nitrogens with zero attached hydrogens (tertiary/aromatic N) is 3. The molecule has 2 amide bonds. The fourth-order valence-corrected chi connectivity index (χ4v) is 3.09. The highest BCUT2D eigenvalue weighted by Crippen LogP contribution is 2.28. The summed E-state index contributed by atoms with van der Waals surface area (Å²) in [5.74, 6) is -0.993. The van der Waals surface area contributed by atoms with Crippen molar-refractivity contribution in [3.8, 4) is 0 Å². The van der Waals surface area contributed by atoms with Crippen molar-refractivity contribution in [1.82, 2.24) is 10.2 Å². The lowest BCUT2D eigenvalue weighted by Gasteiger charge is -2.35. The number of nitro groups is 1. The largest absolute Gasteiger partial charge is 0.478 e. The number of rotatable bonds is 5. The normalized spacial score (nSPS) is 13.9. The van der Waals surface area contributed by atoms with Crippen LogP contribution < -0.4 is 10.2 Å². The molecule has 2 N–H and O–H groups in total. The second kappa shape index (κ2) is 8.38. The van der Waals surface area contributed by atoms with Crippen molar-refractivity contribution in [2.24, 2.45) is 0 Å². The molecule has 0 bridgehead atoms. The zero-order valence-electron chi connectivity index (χ0n) is 15.1. The highest BCUT2D eigenvalue weighted by atomic mass is 16.6. The maximum absolute atomic E-state index is 12.4. The lowest BCUT2D eigenvalue weighted by Crippen LogP contribution is -2.51. The average molecular weight is 384 g/mol. The summed E-state index contributed by atoms with van der Waals surface area (Å²) in [5, 5.41) is 22.9. The van der Waals surface area contributed by atoms with Crippen molar-refractivity contribution in [2.75, 3.05) is 31.1 Å². The zero-order valence-corrected chi connectivity index (χ0v) is 15.1. The van der Waals surface area contributed by atoms with Gasteiger partial charge in [0.15, 0.2) is 0 Å². The molecule has 1 saturated heterocycles. The van der Waals surface area contributed by atoms with E-state index in [-0.39, 0.29) is 17.3 Å². The van der Waals surface area contributed by atoms with Crippen LogP contribution in [-0.4, -0.2) is 53.1 Å². The molecule has 28 heavy (non-hydrogen) atoms. The van der Waals surface area contributed by atoms with Crippen LogP contribution in [0.25, 0.3) is 0 Å². The Morgan fingerprint density at radius 1 is 1.04 bits per heavy atom. The van der Waals surface area contributed by atoms with E-state index < -0.39 is 10.9 Å². The molecule has 9 heteroatoms. The predicted molar refractivity (Wildman–Crippen MR) is 103 cm³/mol. The first kappa shape index (κ1) is 19.2. The molecule has 0 spiro atoms. The quantitative estimate of drug-likeness (QED) is 0.604. The molecule has 0 unspecified atom stereocenters. The smallest absolute Gasteiger partial charge is 0.335 e. The molecule has 9 nitrogen and oxygen atoms in total. The summed E-state index contributed by atoms with van der Waals surface area (Å²) in [5.41, 5.74) is 1.62. The number of benzene rings is 2.